The number of carbonyl (C=O) groups is 1. The summed E-state index contributed by atoms with van der Waals surface area (Å²) in [6, 6.07) is 24.9. The minimum Gasteiger partial charge on any atom is -0.308 e. The number of rotatable bonds is 10. The van der Waals surface area contributed by atoms with E-state index < -0.39 is 0 Å². The second kappa shape index (κ2) is 13.0. The molecule has 1 aliphatic heterocycles. The predicted octanol–water partition coefficient (Wildman–Crippen LogP) is 5.63. The third-order valence-corrected chi connectivity index (χ3v) is 7.50. The number of aryl methyl sites for hydroxylation is 1. The second-order valence-electron chi connectivity index (χ2n) is 10.4. The van der Waals surface area contributed by atoms with Crippen LogP contribution in [0.3, 0.4) is 0 Å². The summed E-state index contributed by atoms with van der Waals surface area (Å²) < 4.78 is 28.8. The quantitative estimate of drug-likeness (QED) is 0.282. The number of halogens is 2. The number of hydrogen-bond acceptors (Lipinski definition) is 4. The fraction of sp³-hybridized carbons (Fsp3) is 0.312. The van der Waals surface area contributed by atoms with Crippen LogP contribution in [0.2, 0.25) is 0 Å². The van der Waals surface area contributed by atoms with E-state index >= 15 is 0 Å². The molecule has 1 amide bonds. The highest BCUT2D eigenvalue weighted by Crippen LogP contribution is 2.30. The Morgan fingerprint density at radius 2 is 1.43 bits per heavy atom. The zero-order chi connectivity index (χ0) is 27.9. The van der Waals surface area contributed by atoms with Crippen molar-refractivity contribution in [2.45, 2.75) is 25.7 Å². The summed E-state index contributed by atoms with van der Waals surface area (Å²) in [4.78, 5) is 17.3. The van der Waals surface area contributed by atoms with Crippen molar-refractivity contribution in [1.82, 2.24) is 19.6 Å². The molecule has 1 aromatic heterocycles. The van der Waals surface area contributed by atoms with Crippen LogP contribution in [0.15, 0.2) is 84.9 Å². The summed E-state index contributed by atoms with van der Waals surface area (Å²) in [5.41, 5.74) is 3.98. The fourth-order valence-corrected chi connectivity index (χ4v) is 5.36. The Labute approximate surface area is 234 Å². The Kier molecular flexibility index (Phi) is 8.98. The average molecular weight is 544 g/mol. The molecular weight excluding hydrogens is 508 g/mol. The standard InChI is InChI=1S/C32H35F2N5O/c1-24-22-31(36-39(24)29-6-3-2-4-7-29)35-32(40)23-38-20-18-37(19-21-38)17-5-8-30(25-9-13-27(33)14-10-25)26-11-15-28(34)16-12-26/h2-4,6-7,9-16,22,30H,5,8,17-21,23H2,1H3,(H,35,36,40). The van der Waals surface area contributed by atoms with Gasteiger partial charge in [0.2, 0.25) is 5.91 Å². The van der Waals surface area contributed by atoms with Gasteiger partial charge in [-0.25, -0.2) is 13.5 Å². The smallest absolute Gasteiger partial charge is 0.239 e. The first-order valence-corrected chi connectivity index (χ1v) is 13.8. The summed E-state index contributed by atoms with van der Waals surface area (Å²) in [7, 11) is 0. The maximum Gasteiger partial charge on any atom is 0.239 e. The van der Waals surface area contributed by atoms with Crippen LogP contribution in [0.1, 0.15) is 35.6 Å². The van der Waals surface area contributed by atoms with E-state index in [2.05, 4.69) is 20.2 Å². The number of para-hydroxylation sites is 1. The van der Waals surface area contributed by atoms with Crippen molar-refractivity contribution in [2.24, 2.45) is 0 Å². The Bertz CT molecular complexity index is 1340. The van der Waals surface area contributed by atoms with Gasteiger partial charge in [-0.1, -0.05) is 42.5 Å². The van der Waals surface area contributed by atoms with Crippen LogP contribution >= 0.6 is 0 Å². The molecule has 2 heterocycles. The van der Waals surface area contributed by atoms with E-state index in [1.807, 2.05) is 72.3 Å². The first-order chi connectivity index (χ1) is 19.4. The van der Waals surface area contributed by atoms with Crippen LogP contribution in [-0.2, 0) is 4.79 Å². The summed E-state index contributed by atoms with van der Waals surface area (Å²) >= 11 is 0. The van der Waals surface area contributed by atoms with Crippen LogP contribution in [-0.4, -0.2) is 64.8 Å². The summed E-state index contributed by atoms with van der Waals surface area (Å²) in [6.07, 6.45) is 1.85. The number of nitrogens with one attached hydrogen (secondary N) is 1. The van der Waals surface area contributed by atoms with Crippen molar-refractivity contribution in [3.63, 3.8) is 0 Å². The van der Waals surface area contributed by atoms with Crippen LogP contribution in [0, 0.1) is 18.6 Å². The molecule has 0 spiro atoms. The van der Waals surface area contributed by atoms with Gasteiger partial charge in [0.1, 0.15) is 11.6 Å². The topological polar surface area (TPSA) is 53.4 Å². The number of nitrogens with zero attached hydrogens (tertiary/aromatic N) is 4. The van der Waals surface area contributed by atoms with E-state index in [4.69, 9.17) is 0 Å². The van der Waals surface area contributed by atoms with E-state index in [0.717, 1.165) is 68.1 Å². The highest BCUT2D eigenvalue weighted by molar-refractivity contribution is 5.91. The summed E-state index contributed by atoms with van der Waals surface area (Å²) in [6.45, 7) is 6.68. The molecule has 1 aliphatic rings. The number of carbonyl (C=O) groups excluding carboxylic acids is 1. The molecule has 40 heavy (non-hydrogen) atoms. The zero-order valence-corrected chi connectivity index (χ0v) is 22.8. The number of piperazine rings is 1. The number of aromatic nitrogens is 2. The largest absolute Gasteiger partial charge is 0.308 e. The lowest BCUT2D eigenvalue weighted by Gasteiger charge is -2.34. The van der Waals surface area contributed by atoms with Crippen molar-refractivity contribution >= 4 is 11.7 Å². The molecule has 0 aliphatic carbocycles. The monoisotopic (exact) mass is 543 g/mol. The van der Waals surface area contributed by atoms with Gasteiger partial charge in [-0.3, -0.25) is 9.69 Å². The molecule has 208 valence electrons. The van der Waals surface area contributed by atoms with E-state index in [1.165, 1.54) is 24.3 Å². The van der Waals surface area contributed by atoms with Gasteiger partial charge in [0.25, 0.3) is 0 Å². The fourth-order valence-electron chi connectivity index (χ4n) is 5.36. The molecule has 8 heteroatoms. The molecule has 0 atom stereocenters. The van der Waals surface area contributed by atoms with E-state index in [9.17, 15) is 13.6 Å². The Hall–Kier alpha value is -3.88. The maximum atomic E-state index is 13.5. The molecular formula is C32H35F2N5O. The first-order valence-electron chi connectivity index (χ1n) is 13.8. The third-order valence-electron chi connectivity index (χ3n) is 7.50. The highest BCUT2D eigenvalue weighted by atomic mass is 19.1. The van der Waals surface area contributed by atoms with Crippen LogP contribution in [0.25, 0.3) is 5.69 Å². The zero-order valence-electron chi connectivity index (χ0n) is 22.8. The van der Waals surface area contributed by atoms with Crippen LogP contribution in [0.4, 0.5) is 14.6 Å². The van der Waals surface area contributed by atoms with Crippen LogP contribution < -0.4 is 5.32 Å². The van der Waals surface area contributed by atoms with Gasteiger partial charge >= 0.3 is 0 Å². The predicted molar refractivity (Wildman–Crippen MR) is 154 cm³/mol. The molecule has 1 saturated heterocycles. The SMILES string of the molecule is Cc1cc(NC(=O)CN2CCN(CCCC(c3ccc(F)cc3)c3ccc(F)cc3)CC2)nn1-c1ccccc1. The Balaban J connectivity index is 1.08. The van der Waals surface area contributed by atoms with Crippen molar-refractivity contribution in [3.8, 4) is 5.69 Å². The Morgan fingerprint density at radius 3 is 2.02 bits per heavy atom. The number of benzene rings is 3. The molecule has 0 bridgehead atoms. The molecule has 6 nitrogen and oxygen atoms in total. The van der Waals surface area contributed by atoms with Gasteiger partial charge in [0, 0.05) is 43.9 Å². The van der Waals surface area contributed by atoms with Gasteiger partial charge in [-0.15, -0.1) is 5.10 Å². The second-order valence-corrected chi connectivity index (χ2v) is 10.4. The van der Waals surface area contributed by atoms with Crippen LogP contribution in [0.5, 0.6) is 0 Å². The lowest BCUT2D eigenvalue weighted by atomic mass is 9.87. The molecule has 0 radical (unpaired) electrons. The van der Waals surface area contributed by atoms with E-state index in [0.29, 0.717) is 12.4 Å². The summed E-state index contributed by atoms with van der Waals surface area (Å²) in [5.74, 6) is 0.0601. The highest BCUT2D eigenvalue weighted by Gasteiger charge is 2.21. The molecule has 3 aromatic carbocycles. The summed E-state index contributed by atoms with van der Waals surface area (Å²) in [5, 5.41) is 7.49. The van der Waals surface area contributed by atoms with Crippen molar-refractivity contribution in [2.75, 3.05) is 44.6 Å². The molecule has 0 saturated carbocycles. The molecule has 1 N–H and O–H groups in total. The van der Waals surface area contributed by atoms with Crippen molar-refractivity contribution in [1.29, 1.82) is 0 Å². The minimum absolute atomic E-state index is 0.0624. The molecule has 4 aromatic rings. The van der Waals surface area contributed by atoms with E-state index in [1.54, 1.807) is 0 Å². The Morgan fingerprint density at radius 1 is 0.850 bits per heavy atom. The van der Waals surface area contributed by atoms with Crippen molar-refractivity contribution in [3.05, 3.63) is 113 Å². The number of anilines is 1. The number of hydrogen-bond donors (Lipinski definition) is 1. The van der Waals surface area contributed by atoms with Gasteiger partial charge in [0.05, 0.1) is 12.2 Å². The number of amides is 1. The molecule has 5 rings (SSSR count). The first kappa shape index (κ1) is 27.7. The van der Waals surface area contributed by atoms with Gasteiger partial charge in [-0.05, 0) is 73.8 Å². The van der Waals surface area contributed by atoms with Gasteiger partial charge in [0.15, 0.2) is 5.82 Å². The lowest BCUT2D eigenvalue weighted by Crippen LogP contribution is -2.48. The molecule has 0 unspecified atom stereocenters. The minimum atomic E-state index is -0.259. The van der Waals surface area contributed by atoms with Gasteiger partial charge < -0.3 is 10.2 Å². The normalized spacial score (nSPS) is 14.5. The van der Waals surface area contributed by atoms with E-state index in [-0.39, 0.29) is 23.5 Å². The van der Waals surface area contributed by atoms with Crippen molar-refractivity contribution < 1.29 is 13.6 Å². The average Bonchev–Trinajstić information content (AvgIpc) is 3.33. The van der Waals surface area contributed by atoms with Gasteiger partial charge in [-0.2, -0.15) is 0 Å². The maximum absolute atomic E-state index is 13.5. The third kappa shape index (κ3) is 7.20. The molecule has 1 fully saturated rings. The lowest BCUT2D eigenvalue weighted by molar-refractivity contribution is -0.117.